The summed E-state index contributed by atoms with van der Waals surface area (Å²) < 4.78 is 50.4. The number of amides is 1. The predicted molar refractivity (Wildman–Crippen MR) is 79.0 cm³/mol. The minimum atomic E-state index is -4.47. The van der Waals surface area contributed by atoms with E-state index >= 15 is 0 Å². The summed E-state index contributed by atoms with van der Waals surface area (Å²) in [4.78, 5) is 12.3. The molecule has 0 atom stereocenters. The van der Waals surface area contributed by atoms with Crippen molar-refractivity contribution in [1.82, 2.24) is 4.90 Å². The highest BCUT2D eigenvalue weighted by Crippen LogP contribution is 2.32. The van der Waals surface area contributed by atoms with Crippen LogP contribution < -0.4 is 0 Å². The molecule has 0 heterocycles. The van der Waals surface area contributed by atoms with Gasteiger partial charge < -0.3 is 4.90 Å². The van der Waals surface area contributed by atoms with Gasteiger partial charge in [-0.3, -0.25) is 4.79 Å². The Labute approximate surface area is 134 Å². The van der Waals surface area contributed by atoms with Crippen molar-refractivity contribution in [3.8, 4) is 0 Å². The summed E-state index contributed by atoms with van der Waals surface area (Å²) in [6.45, 7) is 2.20. The zero-order chi connectivity index (χ0) is 16.4. The van der Waals surface area contributed by atoms with Crippen LogP contribution >= 0.6 is 26.6 Å². The Balaban J connectivity index is 3.41. The Hall–Kier alpha value is -0.730. The van der Waals surface area contributed by atoms with E-state index in [-0.39, 0.29) is 4.47 Å². The van der Waals surface area contributed by atoms with E-state index in [1.807, 2.05) is 6.92 Å². The molecule has 1 amide bonds. The van der Waals surface area contributed by atoms with Crippen molar-refractivity contribution >= 4 is 41.6 Å². The monoisotopic (exact) mass is 403 g/mol. The molecule has 9 heteroatoms. The van der Waals surface area contributed by atoms with Gasteiger partial charge in [-0.05, 0) is 28.4 Å². The topological polar surface area (TPSA) is 54.5 Å². The number of hydrogen-bond acceptors (Lipinski definition) is 3. The van der Waals surface area contributed by atoms with Crippen molar-refractivity contribution in [1.29, 1.82) is 0 Å². The molecule has 0 bridgehead atoms. The Morgan fingerprint density at radius 2 is 2.00 bits per heavy atom. The van der Waals surface area contributed by atoms with Crippen LogP contribution in [0.3, 0.4) is 0 Å². The molecule has 1 aromatic rings. The number of unbranched alkanes of at least 4 members (excludes halogenated alkanes) is 1. The van der Waals surface area contributed by atoms with E-state index in [4.69, 9.17) is 10.7 Å². The molecule has 0 radical (unpaired) electrons. The van der Waals surface area contributed by atoms with E-state index in [1.54, 1.807) is 0 Å². The van der Waals surface area contributed by atoms with Crippen LogP contribution in [0.5, 0.6) is 0 Å². The molecule has 0 fully saturated rings. The minimum absolute atomic E-state index is 0.299. The quantitative estimate of drug-likeness (QED) is 0.706. The molecule has 0 saturated heterocycles. The Kier molecular flexibility index (Phi) is 6.12. The van der Waals surface area contributed by atoms with Crippen molar-refractivity contribution in [2.75, 3.05) is 13.6 Å². The van der Waals surface area contributed by atoms with Crippen molar-refractivity contribution in [3.63, 3.8) is 0 Å². The summed E-state index contributed by atoms with van der Waals surface area (Å²) in [5, 5.41) is 0. The lowest BCUT2D eigenvalue weighted by Crippen LogP contribution is -2.29. The lowest BCUT2D eigenvalue weighted by atomic mass is 10.1. The fourth-order valence-electron chi connectivity index (χ4n) is 1.68. The smallest absolute Gasteiger partial charge is 0.265 e. The summed E-state index contributed by atoms with van der Waals surface area (Å²) in [6.07, 6.45) is 1.45. The summed E-state index contributed by atoms with van der Waals surface area (Å²) in [7, 11) is 2.03. The van der Waals surface area contributed by atoms with Crippen molar-refractivity contribution < 1.29 is 22.0 Å². The first-order valence-corrected chi connectivity index (χ1v) is 9.09. The molecule has 0 spiro atoms. The predicted octanol–water partition coefficient (Wildman–Crippen LogP) is 3.53. The Morgan fingerprint density at radius 3 is 2.48 bits per heavy atom. The fourth-order valence-corrected chi connectivity index (χ4v) is 4.03. The molecule has 0 aliphatic heterocycles. The van der Waals surface area contributed by atoms with Gasteiger partial charge in [0.05, 0.1) is 0 Å². The molecule has 0 aliphatic carbocycles. The average molecular weight is 405 g/mol. The van der Waals surface area contributed by atoms with Crippen LogP contribution in [0.2, 0.25) is 0 Å². The zero-order valence-electron chi connectivity index (χ0n) is 11.3. The van der Waals surface area contributed by atoms with Crippen molar-refractivity contribution in [3.05, 3.63) is 27.7 Å². The second kappa shape index (κ2) is 7.02. The molecule has 118 valence electrons. The summed E-state index contributed by atoms with van der Waals surface area (Å²) in [5.41, 5.74) is -0.934. The molecule has 0 aromatic heterocycles. The van der Waals surface area contributed by atoms with Crippen LogP contribution in [0.4, 0.5) is 8.78 Å². The van der Waals surface area contributed by atoms with Crippen LogP contribution in [0.1, 0.15) is 30.1 Å². The SMILES string of the molecule is CCCCN(C)C(=O)c1c(F)cc(Br)c(S(=O)(=O)Cl)c1F. The van der Waals surface area contributed by atoms with Gasteiger partial charge in [-0.25, -0.2) is 17.2 Å². The zero-order valence-corrected chi connectivity index (χ0v) is 14.4. The van der Waals surface area contributed by atoms with E-state index in [2.05, 4.69) is 15.9 Å². The largest absolute Gasteiger partial charge is 0.342 e. The van der Waals surface area contributed by atoms with Crippen LogP contribution in [0, 0.1) is 11.6 Å². The van der Waals surface area contributed by atoms with E-state index < -0.39 is 37.1 Å². The minimum Gasteiger partial charge on any atom is -0.342 e. The van der Waals surface area contributed by atoms with Gasteiger partial charge in [-0.2, -0.15) is 0 Å². The number of benzene rings is 1. The Bertz CT molecular complexity index is 667. The van der Waals surface area contributed by atoms with Crippen LogP contribution in [0.15, 0.2) is 15.4 Å². The standard InChI is InChI=1S/C12H13BrClF2NO3S/c1-3-4-5-17(2)12(18)9-8(15)6-7(13)11(10(9)16)21(14,19)20/h6H,3-5H2,1-2H3. The number of hydrogen-bond donors (Lipinski definition) is 0. The van der Waals surface area contributed by atoms with Crippen molar-refractivity contribution in [2.24, 2.45) is 0 Å². The van der Waals surface area contributed by atoms with Gasteiger partial charge in [-0.1, -0.05) is 13.3 Å². The van der Waals surface area contributed by atoms with Crippen LogP contribution in [-0.4, -0.2) is 32.8 Å². The summed E-state index contributed by atoms with van der Waals surface area (Å²) in [6, 6.07) is 0.708. The molecule has 4 nitrogen and oxygen atoms in total. The summed E-state index contributed by atoms with van der Waals surface area (Å²) in [5.74, 6) is -3.59. The maximum Gasteiger partial charge on any atom is 0.265 e. The summed E-state index contributed by atoms with van der Waals surface area (Å²) >= 11 is 2.73. The highest BCUT2D eigenvalue weighted by molar-refractivity contribution is 9.10. The number of halogens is 4. The fraction of sp³-hybridized carbons (Fsp3) is 0.417. The van der Waals surface area contributed by atoms with Gasteiger partial charge in [0.1, 0.15) is 16.3 Å². The first-order chi connectivity index (χ1) is 9.61. The molecule has 0 unspecified atom stereocenters. The maximum absolute atomic E-state index is 14.2. The van der Waals surface area contributed by atoms with Crippen LogP contribution in [0.25, 0.3) is 0 Å². The van der Waals surface area contributed by atoms with E-state index in [0.29, 0.717) is 19.0 Å². The highest BCUT2D eigenvalue weighted by Gasteiger charge is 2.30. The third-order valence-corrected chi connectivity index (χ3v) is 5.02. The second-order valence-electron chi connectivity index (χ2n) is 4.38. The molecular weight excluding hydrogens is 392 g/mol. The third kappa shape index (κ3) is 4.14. The first kappa shape index (κ1) is 18.3. The normalized spacial score (nSPS) is 11.5. The number of carbonyl (C=O) groups excluding carboxylic acids is 1. The average Bonchev–Trinajstić information content (AvgIpc) is 2.32. The molecule has 21 heavy (non-hydrogen) atoms. The number of nitrogens with zero attached hydrogens (tertiary/aromatic N) is 1. The maximum atomic E-state index is 14.2. The number of carbonyl (C=O) groups is 1. The number of rotatable bonds is 5. The second-order valence-corrected chi connectivity index (χ2v) is 7.73. The lowest BCUT2D eigenvalue weighted by molar-refractivity contribution is 0.0783. The van der Waals surface area contributed by atoms with Crippen molar-refractivity contribution in [2.45, 2.75) is 24.7 Å². The Morgan fingerprint density at radius 1 is 1.43 bits per heavy atom. The van der Waals surface area contributed by atoms with Crippen LogP contribution in [-0.2, 0) is 9.05 Å². The van der Waals surface area contributed by atoms with Gasteiger partial charge in [0.2, 0.25) is 0 Å². The van der Waals surface area contributed by atoms with Gasteiger partial charge in [-0.15, -0.1) is 0 Å². The van der Waals surface area contributed by atoms with E-state index in [1.165, 1.54) is 7.05 Å². The molecule has 1 aromatic carbocycles. The van der Waals surface area contributed by atoms with Gasteiger partial charge >= 0.3 is 0 Å². The van der Waals surface area contributed by atoms with E-state index in [9.17, 15) is 22.0 Å². The van der Waals surface area contributed by atoms with Gasteiger partial charge in [0.25, 0.3) is 15.0 Å². The van der Waals surface area contributed by atoms with Gasteiger partial charge in [0, 0.05) is 28.7 Å². The lowest BCUT2D eigenvalue weighted by Gasteiger charge is -2.18. The molecule has 0 N–H and O–H groups in total. The van der Waals surface area contributed by atoms with Gasteiger partial charge in [0.15, 0.2) is 5.82 Å². The van der Waals surface area contributed by atoms with E-state index in [0.717, 1.165) is 11.3 Å². The first-order valence-electron chi connectivity index (χ1n) is 5.98. The molecule has 0 aliphatic rings. The molecular formula is C12H13BrClF2NO3S. The third-order valence-electron chi connectivity index (χ3n) is 2.78. The highest BCUT2D eigenvalue weighted by atomic mass is 79.9. The molecule has 1 rings (SSSR count). The molecule has 0 saturated carbocycles.